The summed E-state index contributed by atoms with van der Waals surface area (Å²) in [6.07, 6.45) is 0. The summed E-state index contributed by atoms with van der Waals surface area (Å²) in [6, 6.07) is 1.92. The fraction of sp³-hybridized carbons (Fsp3) is 0.333. The quantitative estimate of drug-likeness (QED) is 0.796. The fourth-order valence-corrected chi connectivity index (χ4v) is 2.36. The molecular formula is C12H14N2O3S. The molecular weight excluding hydrogens is 252 g/mol. The van der Waals surface area contributed by atoms with E-state index in [0.29, 0.717) is 17.1 Å². The fourth-order valence-electron chi connectivity index (χ4n) is 1.70. The molecule has 5 nitrogen and oxygen atoms in total. The van der Waals surface area contributed by atoms with E-state index in [1.54, 1.807) is 25.3 Å². The molecule has 2 rings (SSSR count). The van der Waals surface area contributed by atoms with Crippen molar-refractivity contribution in [3.05, 3.63) is 33.6 Å². The zero-order valence-corrected chi connectivity index (χ0v) is 11.3. The normalized spacial score (nSPS) is 10.4. The van der Waals surface area contributed by atoms with Gasteiger partial charge in [-0.15, -0.1) is 0 Å². The van der Waals surface area contributed by atoms with Crippen molar-refractivity contribution in [2.45, 2.75) is 13.5 Å². The third kappa shape index (κ3) is 2.38. The van der Waals surface area contributed by atoms with Crippen LogP contribution in [0.4, 0.5) is 0 Å². The Labute approximate surface area is 109 Å². The maximum atomic E-state index is 12.0. The monoisotopic (exact) mass is 266 g/mol. The zero-order chi connectivity index (χ0) is 13.1. The summed E-state index contributed by atoms with van der Waals surface area (Å²) in [7, 11) is 3.23. The second kappa shape index (κ2) is 5.22. The van der Waals surface area contributed by atoms with Gasteiger partial charge in [0, 0.05) is 12.6 Å². The number of ether oxygens (including phenoxy) is 2. The van der Waals surface area contributed by atoms with Gasteiger partial charge < -0.3 is 9.47 Å². The standard InChI is InChI=1S/C12H14N2O3S/c1-8-10(11(16-3)14(2)13-8)12(15)17-6-9-4-5-18-7-9/h4-5,7H,6H2,1-3H3. The average molecular weight is 266 g/mol. The molecule has 0 spiro atoms. The largest absolute Gasteiger partial charge is 0.481 e. The molecule has 0 aromatic carbocycles. The van der Waals surface area contributed by atoms with E-state index >= 15 is 0 Å². The van der Waals surface area contributed by atoms with Crippen molar-refractivity contribution in [2.75, 3.05) is 7.11 Å². The van der Waals surface area contributed by atoms with Crippen LogP contribution in [-0.2, 0) is 18.4 Å². The van der Waals surface area contributed by atoms with Gasteiger partial charge in [-0.1, -0.05) is 0 Å². The van der Waals surface area contributed by atoms with Gasteiger partial charge in [0.05, 0.1) is 12.8 Å². The minimum Gasteiger partial charge on any atom is -0.481 e. The van der Waals surface area contributed by atoms with Gasteiger partial charge in [-0.05, 0) is 23.8 Å². The summed E-state index contributed by atoms with van der Waals surface area (Å²) in [6.45, 7) is 2.02. The molecule has 0 aliphatic rings. The number of nitrogens with zero attached hydrogens (tertiary/aromatic N) is 2. The molecule has 0 bridgehead atoms. The number of hydrogen-bond acceptors (Lipinski definition) is 5. The first-order valence-electron chi connectivity index (χ1n) is 5.39. The van der Waals surface area contributed by atoms with Gasteiger partial charge in [-0.2, -0.15) is 16.4 Å². The summed E-state index contributed by atoms with van der Waals surface area (Å²) >= 11 is 1.57. The van der Waals surface area contributed by atoms with E-state index in [1.807, 2.05) is 16.8 Å². The highest BCUT2D eigenvalue weighted by Gasteiger charge is 2.22. The third-order valence-electron chi connectivity index (χ3n) is 2.52. The molecule has 0 amide bonds. The van der Waals surface area contributed by atoms with Crippen LogP contribution in [0.25, 0.3) is 0 Å². The molecule has 0 aliphatic heterocycles. The Morgan fingerprint density at radius 1 is 1.56 bits per heavy atom. The SMILES string of the molecule is COc1c(C(=O)OCc2ccsc2)c(C)nn1C. The maximum absolute atomic E-state index is 12.0. The molecule has 0 atom stereocenters. The van der Waals surface area contributed by atoms with Crippen LogP contribution in [0.5, 0.6) is 5.88 Å². The number of rotatable bonds is 4. The third-order valence-corrected chi connectivity index (χ3v) is 3.25. The molecule has 2 aromatic heterocycles. The van der Waals surface area contributed by atoms with Crippen LogP contribution < -0.4 is 4.74 Å². The van der Waals surface area contributed by atoms with Crippen molar-refractivity contribution in [3.63, 3.8) is 0 Å². The van der Waals surface area contributed by atoms with Crippen molar-refractivity contribution < 1.29 is 14.3 Å². The number of methoxy groups -OCH3 is 1. The molecule has 2 heterocycles. The summed E-state index contributed by atoms with van der Waals surface area (Å²) in [5, 5.41) is 8.03. The van der Waals surface area contributed by atoms with E-state index in [-0.39, 0.29) is 6.61 Å². The molecule has 18 heavy (non-hydrogen) atoms. The minimum atomic E-state index is -0.413. The van der Waals surface area contributed by atoms with Gasteiger partial charge >= 0.3 is 5.97 Å². The Bertz CT molecular complexity index is 546. The number of carbonyl (C=O) groups is 1. The molecule has 0 aliphatic carbocycles. The van der Waals surface area contributed by atoms with Crippen LogP contribution in [0.1, 0.15) is 21.6 Å². The molecule has 0 saturated carbocycles. The Kier molecular flexibility index (Phi) is 3.66. The summed E-state index contributed by atoms with van der Waals surface area (Å²) in [5.74, 6) is 0.00599. The van der Waals surface area contributed by atoms with E-state index in [4.69, 9.17) is 9.47 Å². The zero-order valence-electron chi connectivity index (χ0n) is 10.5. The second-order valence-electron chi connectivity index (χ2n) is 3.80. The van der Waals surface area contributed by atoms with Gasteiger partial charge in [0.15, 0.2) is 0 Å². The molecule has 0 N–H and O–H groups in total. The average Bonchev–Trinajstić information content (AvgIpc) is 2.93. The minimum absolute atomic E-state index is 0.264. The Morgan fingerprint density at radius 2 is 2.33 bits per heavy atom. The van der Waals surface area contributed by atoms with Gasteiger partial charge in [0.2, 0.25) is 5.88 Å². The van der Waals surface area contributed by atoms with E-state index in [1.165, 1.54) is 11.8 Å². The first kappa shape index (κ1) is 12.6. The first-order chi connectivity index (χ1) is 8.63. The highest BCUT2D eigenvalue weighted by Crippen LogP contribution is 2.22. The van der Waals surface area contributed by atoms with E-state index < -0.39 is 5.97 Å². The molecule has 0 unspecified atom stereocenters. The van der Waals surface area contributed by atoms with E-state index in [0.717, 1.165) is 5.56 Å². The van der Waals surface area contributed by atoms with Crippen molar-refractivity contribution in [1.29, 1.82) is 0 Å². The van der Waals surface area contributed by atoms with E-state index in [2.05, 4.69) is 5.10 Å². The lowest BCUT2D eigenvalue weighted by molar-refractivity contribution is 0.0468. The van der Waals surface area contributed by atoms with Gasteiger partial charge in [0.25, 0.3) is 0 Å². The Hall–Kier alpha value is -1.82. The van der Waals surface area contributed by atoms with Gasteiger partial charge in [-0.3, -0.25) is 0 Å². The Morgan fingerprint density at radius 3 is 2.94 bits per heavy atom. The number of aryl methyl sites for hydroxylation is 2. The molecule has 0 radical (unpaired) electrons. The van der Waals surface area contributed by atoms with Crippen molar-refractivity contribution in [3.8, 4) is 5.88 Å². The van der Waals surface area contributed by atoms with Crippen LogP contribution in [0.15, 0.2) is 16.8 Å². The van der Waals surface area contributed by atoms with E-state index in [9.17, 15) is 4.79 Å². The molecule has 2 aromatic rings. The van der Waals surface area contributed by atoms with Crippen LogP contribution >= 0.6 is 11.3 Å². The lowest BCUT2D eigenvalue weighted by atomic mass is 10.2. The number of hydrogen-bond donors (Lipinski definition) is 0. The second-order valence-corrected chi connectivity index (χ2v) is 4.58. The lowest BCUT2D eigenvalue weighted by Gasteiger charge is -2.05. The first-order valence-corrected chi connectivity index (χ1v) is 6.33. The van der Waals surface area contributed by atoms with Crippen LogP contribution in [0.3, 0.4) is 0 Å². The van der Waals surface area contributed by atoms with Crippen molar-refractivity contribution in [1.82, 2.24) is 9.78 Å². The molecule has 6 heteroatoms. The lowest BCUT2D eigenvalue weighted by Crippen LogP contribution is -2.07. The summed E-state index contributed by atoms with van der Waals surface area (Å²) < 4.78 is 11.9. The van der Waals surface area contributed by atoms with Gasteiger partial charge in [0.1, 0.15) is 12.2 Å². The predicted molar refractivity (Wildman–Crippen MR) is 67.9 cm³/mol. The molecule has 0 saturated heterocycles. The molecule has 0 fully saturated rings. The van der Waals surface area contributed by atoms with Crippen LogP contribution in [0.2, 0.25) is 0 Å². The number of carbonyl (C=O) groups excluding carboxylic acids is 1. The predicted octanol–water partition coefficient (Wildman–Crippen LogP) is 2.16. The molecule has 96 valence electrons. The highest BCUT2D eigenvalue weighted by atomic mass is 32.1. The number of aromatic nitrogens is 2. The summed E-state index contributed by atoms with van der Waals surface area (Å²) in [4.78, 5) is 12.0. The van der Waals surface area contributed by atoms with Crippen LogP contribution in [0, 0.1) is 6.92 Å². The smallest absolute Gasteiger partial charge is 0.345 e. The highest BCUT2D eigenvalue weighted by molar-refractivity contribution is 7.07. The van der Waals surface area contributed by atoms with Crippen LogP contribution in [-0.4, -0.2) is 22.9 Å². The number of thiophene rings is 1. The Balaban J connectivity index is 2.13. The topological polar surface area (TPSA) is 53.4 Å². The van der Waals surface area contributed by atoms with Crippen molar-refractivity contribution >= 4 is 17.3 Å². The maximum Gasteiger partial charge on any atom is 0.345 e. The number of esters is 1. The van der Waals surface area contributed by atoms with Crippen molar-refractivity contribution in [2.24, 2.45) is 7.05 Å². The summed E-state index contributed by atoms with van der Waals surface area (Å²) in [5.41, 5.74) is 1.97. The van der Waals surface area contributed by atoms with Gasteiger partial charge in [-0.25, -0.2) is 9.48 Å².